The van der Waals surface area contributed by atoms with Crippen LogP contribution in [0.3, 0.4) is 0 Å². The highest BCUT2D eigenvalue weighted by Crippen LogP contribution is 2.21. The van der Waals surface area contributed by atoms with Crippen LogP contribution < -0.4 is 4.57 Å². The zero-order valence-corrected chi connectivity index (χ0v) is 10.2. The maximum Gasteiger partial charge on any atom is 0.229 e. The van der Waals surface area contributed by atoms with Gasteiger partial charge in [0.1, 0.15) is 0 Å². The largest absolute Gasteiger partial charge is 0.390 e. The molecule has 0 heterocycles. The average molecular weight is 215 g/mol. The van der Waals surface area contributed by atoms with Gasteiger partial charge in [0.2, 0.25) is 8.24 Å². The molecular formula is C13H17NSi. The molecule has 0 aliphatic heterocycles. The van der Waals surface area contributed by atoms with E-state index in [2.05, 4.69) is 43.5 Å². The van der Waals surface area contributed by atoms with E-state index in [9.17, 15) is 0 Å². The maximum absolute atomic E-state index is 3.90. The van der Waals surface area contributed by atoms with Crippen molar-refractivity contribution in [2.24, 2.45) is 0 Å². The Kier molecular flexibility index (Phi) is 3.69. The highest BCUT2D eigenvalue weighted by Gasteiger charge is 2.28. The van der Waals surface area contributed by atoms with E-state index in [0.717, 1.165) is 0 Å². The summed E-state index contributed by atoms with van der Waals surface area (Å²) >= 11 is 0. The minimum Gasteiger partial charge on any atom is -0.390 e. The molecule has 0 aromatic heterocycles. The van der Waals surface area contributed by atoms with Crippen LogP contribution in [0.25, 0.3) is 0 Å². The molecule has 78 valence electrons. The Balaban J connectivity index is 3.11. The predicted octanol–water partition coefficient (Wildman–Crippen LogP) is 3.24. The van der Waals surface area contributed by atoms with E-state index in [-0.39, 0.29) is 0 Å². The lowest BCUT2D eigenvalue weighted by Crippen LogP contribution is -2.47. The average Bonchev–Trinajstić information content (AvgIpc) is 2.33. The van der Waals surface area contributed by atoms with E-state index in [1.807, 2.05) is 35.3 Å². The van der Waals surface area contributed by atoms with Gasteiger partial charge in [0.05, 0.1) is 0 Å². The smallest absolute Gasteiger partial charge is 0.229 e. The fourth-order valence-electron chi connectivity index (χ4n) is 1.54. The molecule has 0 saturated carbocycles. The second kappa shape index (κ2) is 4.80. The monoisotopic (exact) mass is 215 g/mol. The van der Waals surface area contributed by atoms with E-state index < -0.39 is 8.24 Å². The van der Waals surface area contributed by atoms with Gasteiger partial charge in [-0.1, -0.05) is 35.3 Å². The molecule has 1 nitrogen and oxygen atoms in total. The number of benzene rings is 1. The lowest BCUT2D eigenvalue weighted by Gasteiger charge is -2.33. The van der Waals surface area contributed by atoms with Gasteiger partial charge in [0, 0.05) is 5.69 Å². The van der Waals surface area contributed by atoms with Gasteiger partial charge in [0.25, 0.3) is 0 Å². The second-order valence-electron chi connectivity index (χ2n) is 3.39. The summed E-state index contributed by atoms with van der Waals surface area (Å²) in [6.07, 6.45) is 0. The number of nitrogens with zero attached hydrogens (tertiary/aromatic N) is 1. The summed E-state index contributed by atoms with van der Waals surface area (Å²) in [5.74, 6) is 0. The van der Waals surface area contributed by atoms with Gasteiger partial charge >= 0.3 is 0 Å². The summed E-state index contributed by atoms with van der Waals surface area (Å²) in [5, 5.41) is 0. The summed E-state index contributed by atoms with van der Waals surface area (Å²) in [6, 6.07) is 10.2. The van der Waals surface area contributed by atoms with Gasteiger partial charge in [-0.2, -0.15) is 0 Å². The zero-order chi connectivity index (χ0) is 11.3. The van der Waals surface area contributed by atoms with Crippen LogP contribution in [0.15, 0.2) is 67.2 Å². The Morgan fingerprint density at radius 3 is 1.87 bits per heavy atom. The van der Waals surface area contributed by atoms with Crippen molar-refractivity contribution in [2.45, 2.75) is 0 Å². The number of hydrogen-bond donors (Lipinski definition) is 0. The molecular weight excluding hydrogens is 198 g/mol. The van der Waals surface area contributed by atoms with Crippen LogP contribution in [0.4, 0.5) is 5.69 Å². The Hall–Kier alpha value is -1.54. The first-order valence-electron chi connectivity index (χ1n) is 4.90. The highest BCUT2D eigenvalue weighted by atomic mass is 28.3. The van der Waals surface area contributed by atoms with Crippen LogP contribution in [0.5, 0.6) is 0 Å². The third-order valence-electron chi connectivity index (χ3n) is 2.71. The maximum atomic E-state index is 3.90. The molecule has 0 N–H and O–H groups in total. The highest BCUT2D eigenvalue weighted by molar-refractivity contribution is 6.95. The molecule has 0 spiro atoms. The third-order valence-corrected chi connectivity index (χ3v) is 6.09. The van der Waals surface area contributed by atoms with E-state index in [4.69, 9.17) is 0 Å². The van der Waals surface area contributed by atoms with Crippen LogP contribution in [-0.2, 0) is 0 Å². The molecule has 0 saturated heterocycles. The molecule has 0 radical (unpaired) electrons. The summed E-state index contributed by atoms with van der Waals surface area (Å²) in [4.78, 5) is 0. The molecule has 0 unspecified atom stereocenters. The van der Waals surface area contributed by atoms with Gasteiger partial charge in [0.15, 0.2) is 0 Å². The van der Waals surface area contributed by atoms with Crippen LogP contribution in [0.1, 0.15) is 0 Å². The van der Waals surface area contributed by atoms with E-state index in [0.29, 0.717) is 0 Å². The Morgan fingerprint density at radius 1 is 1.00 bits per heavy atom. The standard InChI is InChI=1S/C13H17NSi/c1-5-15(6-2,7-3)14(4)13-11-9-8-10-12-13/h5-12H,1-3H2,4H3. The summed E-state index contributed by atoms with van der Waals surface area (Å²) in [5.41, 5.74) is 7.09. The van der Waals surface area contributed by atoms with Crippen LogP contribution in [-0.4, -0.2) is 15.3 Å². The number of hydrogen-bond acceptors (Lipinski definition) is 1. The van der Waals surface area contributed by atoms with Crippen molar-refractivity contribution in [1.82, 2.24) is 0 Å². The van der Waals surface area contributed by atoms with Crippen molar-refractivity contribution >= 4 is 13.9 Å². The van der Waals surface area contributed by atoms with Crippen molar-refractivity contribution in [3.63, 3.8) is 0 Å². The van der Waals surface area contributed by atoms with Gasteiger partial charge in [-0.3, -0.25) is 0 Å². The predicted molar refractivity (Wildman–Crippen MR) is 71.2 cm³/mol. The quantitative estimate of drug-likeness (QED) is 0.682. The number of rotatable bonds is 5. The van der Waals surface area contributed by atoms with Gasteiger partial charge in [-0.05, 0) is 19.2 Å². The van der Waals surface area contributed by atoms with Crippen molar-refractivity contribution in [1.29, 1.82) is 0 Å². The van der Waals surface area contributed by atoms with E-state index >= 15 is 0 Å². The zero-order valence-electron chi connectivity index (χ0n) is 9.19. The van der Waals surface area contributed by atoms with E-state index in [1.54, 1.807) is 0 Å². The molecule has 1 aromatic rings. The van der Waals surface area contributed by atoms with Gasteiger partial charge in [-0.25, -0.2) is 0 Å². The van der Waals surface area contributed by atoms with E-state index in [1.165, 1.54) is 5.69 Å². The van der Waals surface area contributed by atoms with Crippen LogP contribution >= 0.6 is 0 Å². The lowest BCUT2D eigenvalue weighted by atomic mass is 10.3. The molecule has 0 atom stereocenters. The SMILES string of the molecule is C=C[Si](C=C)(C=C)N(C)c1ccccc1. The lowest BCUT2D eigenvalue weighted by molar-refractivity contribution is 1.29. The fraction of sp³-hybridized carbons (Fsp3) is 0.0769. The van der Waals surface area contributed by atoms with Crippen molar-refractivity contribution in [2.75, 3.05) is 11.6 Å². The second-order valence-corrected chi connectivity index (χ2v) is 7.06. The Morgan fingerprint density at radius 2 is 1.47 bits per heavy atom. The minimum atomic E-state index is -1.94. The molecule has 0 fully saturated rings. The first kappa shape index (κ1) is 11.5. The molecule has 0 bridgehead atoms. The topological polar surface area (TPSA) is 3.24 Å². The molecule has 1 aromatic carbocycles. The van der Waals surface area contributed by atoms with Crippen molar-refractivity contribution in [3.05, 3.63) is 67.2 Å². The number of anilines is 1. The molecule has 1 rings (SSSR count). The van der Waals surface area contributed by atoms with Crippen molar-refractivity contribution < 1.29 is 0 Å². The Bertz CT molecular complexity index is 334. The molecule has 0 aliphatic carbocycles. The van der Waals surface area contributed by atoms with Crippen LogP contribution in [0.2, 0.25) is 0 Å². The summed E-state index contributed by atoms with van der Waals surface area (Å²) in [6.45, 7) is 11.7. The third kappa shape index (κ3) is 2.10. The Labute approximate surface area is 93.1 Å². The molecule has 0 aliphatic rings. The van der Waals surface area contributed by atoms with Crippen LogP contribution in [0, 0.1) is 0 Å². The first-order valence-corrected chi connectivity index (χ1v) is 7.08. The fourth-order valence-corrected chi connectivity index (χ4v) is 3.45. The first-order chi connectivity index (χ1) is 7.20. The summed E-state index contributed by atoms with van der Waals surface area (Å²) < 4.78 is 2.22. The normalized spacial score (nSPS) is 10.5. The van der Waals surface area contributed by atoms with Gasteiger partial charge < -0.3 is 4.57 Å². The molecule has 2 heteroatoms. The molecule has 15 heavy (non-hydrogen) atoms. The minimum absolute atomic E-state index is 1.17. The molecule has 0 amide bonds. The van der Waals surface area contributed by atoms with Gasteiger partial charge in [-0.15, -0.1) is 19.7 Å². The summed E-state index contributed by atoms with van der Waals surface area (Å²) in [7, 11) is 0.125. The number of para-hydroxylation sites is 1. The van der Waals surface area contributed by atoms with Crippen molar-refractivity contribution in [3.8, 4) is 0 Å².